The normalized spacial score (nSPS) is 17.9. The number of nitrogens with two attached hydrogens (primary N) is 1. The maximum atomic E-state index is 6.21. The van der Waals surface area contributed by atoms with E-state index in [4.69, 9.17) is 10.5 Å². The summed E-state index contributed by atoms with van der Waals surface area (Å²) in [7, 11) is 0. The topological polar surface area (TPSA) is 47.6 Å². The van der Waals surface area contributed by atoms with Gasteiger partial charge in [0.15, 0.2) is 0 Å². The standard InChI is InChI=1S/C14H30N2O/c1-7-16-13(8-9-15)17-14(6,12(4)5)10-11(2)3/h7,11-13H,8-10,15H2,1-6H3. The van der Waals surface area contributed by atoms with Crippen LogP contribution in [0.3, 0.4) is 0 Å². The summed E-state index contributed by atoms with van der Waals surface area (Å²) < 4.78 is 6.21. The average molecular weight is 242 g/mol. The quantitative estimate of drug-likeness (QED) is 0.664. The molecule has 0 amide bonds. The maximum Gasteiger partial charge on any atom is 0.149 e. The van der Waals surface area contributed by atoms with Gasteiger partial charge in [-0.1, -0.05) is 27.7 Å². The van der Waals surface area contributed by atoms with Crippen molar-refractivity contribution in [2.24, 2.45) is 22.6 Å². The van der Waals surface area contributed by atoms with E-state index in [0.717, 1.165) is 12.8 Å². The number of aliphatic imine (C=N–C) groups is 1. The Morgan fingerprint density at radius 1 is 1.29 bits per heavy atom. The predicted octanol–water partition coefficient (Wildman–Crippen LogP) is 3.23. The van der Waals surface area contributed by atoms with Gasteiger partial charge in [0.25, 0.3) is 0 Å². The van der Waals surface area contributed by atoms with Gasteiger partial charge >= 0.3 is 0 Å². The molecular weight excluding hydrogens is 212 g/mol. The SMILES string of the molecule is CC=NC(CCN)OC(C)(CC(C)C)C(C)C. The van der Waals surface area contributed by atoms with Crippen LogP contribution in [0.15, 0.2) is 4.99 Å². The molecule has 0 saturated carbocycles. The van der Waals surface area contributed by atoms with E-state index >= 15 is 0 Å². The highest BCUT2D eigenvalue weighted by Crippen LogP contribution is 2.31. The van der Waals surface area contributed by atoms with Crippen LogP contribution in [0.2, 0.25) is 0 Å². The van der Waals surface area contributed by atoms with E-state index in [0.29, 0.717) is 18.4 Å². The van der Waals surface area contributed by atoms with Crippen LogP contribution in [-0.2, 0) is 4.74 Å². The molecule has 0 saturated heterocycles. The van der Waals surface area contributed by atoms with Gasteiger partial charge in [0.1, 0.15) is 6.23 Å². The first-order chi connectivity index (χ1) is 7.85. The van der Waals surface area contributed by atoms with Gasteiger partial charge in [0, 0.05) is 6.42 Å². The summed E-state index contributed by atoms with van der Waals surface area (Å²) in [6, 6.07) is 0. The van der Waals surface area contributed by atoms with Crippen molar-refractivity contribution < 1.29 is 4.74 Å². The Morgan fingerprint density at radius 3 is 2.24 bits per heavy atom. The summed E-state index contributed by atoms with van der Waals surface area (Å²) in [5.74, 6) is 1.09. The predicted molar refractivity (Wildman–Crippen MR) is 75.4 cm³/mol. The first-order valence-electron chi connectivity index (χ1n) is 6.71. The summed E-state index contributed by atoms with van der Waals surface area (Å²) >= 11 is 0. The summed E-state index contributed by atoms with van der Waals surface area (Å²) in [4.78, 5) is 4.36. The van der Waals surface area contributed by atoms with Crippen LogP contribution in [0.1, 0.15) is 54.4 Å². The molecule has 0 spiro atoms. The Balaban J connectivity index is 4.69. The van der Waals surface area contributed by atoms with Crippen molar-refractivity contribution in [3.05, 3.63) is 0 Å². The first-order valence-corrected chi connectivity index (χ1v) is 6.71. The van der Waals surface area contributed by atoms with Crippen LogP contribution in [0.5, 0.6) is 0 Å². The summed E-state index contributed by atoms with van der Waals surface area (Å²) in [5, 5.41) is 0. The molecule has 3 heteroatoms. The first kappa shape index (κ1) is 16.6. The molecule has 2 unspecified atom stereocenters. The van der Waals surface area contributed by atoms with Crippen molar-refractivity contribution in [1.29, 1.82) is 0 Å². The fraction of sp³-hybridized carbons (Fsp3) is 0.929. The third-order valence-electron chi connectivity index (χ3n) is 3.17. The largest absolute Gasteiger partial charge is 0.350 e. The van der Waals surface area contributed by atoms with E-state index in [1.807, 2.05) is 6.92 Å². The molecule has 0 rings (SSSR count). The van der Waals surface area contributed by atoms with Gasteiger partial charge in [-0.2, -0.15) is 0 Å². The van der Waals surface area contributed by atoms with Crippen LogP contribution >= 0.6 is 0 Å². The van der Waals surface area contributed by atoms with Gasteiger partial charge in [-0.3, -0.25) is 4.99 Å². The lowest BCUT2D eigenvalue weighted by atomic mass is 9.84. The zero-order chi connectivity index (χ0) is 13.5. The number of nitrogens with zero attached hydrogens (tertiary/aromatic N) is 1. The Labute approximate surface area is 107 Å². The number of hydrogen-bond acceptors (Lipinski definition) is 3. The second-order valence-electron chi connectivity index (χ2n) is 5.62. The van der Waals surface area contributed by atoms with Crippen molar-refractivity contribution in [2.75, 3.05) is 6.54 Å². The van der Waals surface area contributed by atoms with Crippen LogP contribution in [0.4, 0.5) is 0 Å². The smallest absolute Gasteiger partial charge is 0.149 e. The minimum absolute atomic E-state index is 0.101. The van der Waals surface area contributed by atoms with Crippen LogP contribution in [0.25, 0.3) is 0 Å². The average Bonchev–Trinajstić information content (AvgIpc) is 2.16. The third-order valence-corrected chi connectivity index (χ3v) is 3.17. The van der Waals surface area contributed by atoms with E-state index in [-0.39, 0.29) is 11.8 Å². The van der Waals surface area contributed by atoms with E-state index in [2.05, 4.69) is 39.6 Å². The Bertz CT molecular complexity index is 226. The van der Waals surface area contributed by atoms with Gasteiger partial charge < -0.3 is 10.5 Å². The lowest BCUT2D eigenvalue weighted by Crippen LogP contribution is -2.40. The Morgan fingerprint density at radius 2 is 1.88 bits per heavy atom. The number of rotatable bonds is 8. The van der Waals surface area contributed by atoms with Gasteiger partial charge in [-0.15, -0.1) is 0 Å². The Kier molecular flexibility index (Phi) is 7.64. The lowest BCUT2D eigenvalue weighted by molar-refractivity contribution is -0.118. The Hall–Kier alpha value is -0.410. The molecule has 0 aliphatic rings. The minimum atomic E-state index is -0.124. The molecule has 0 bridgehead atoms. The van der Waals surface area contributed by atoms with Crippen molar-refractivity contribution in [2.45, 2.75) is 66.2 Å². The van der Waals surface area contributed by atoms with Crippen LogP contribution < -0.4 is 5.73 Å². The molecule has 17 heavy (non-hydrogen) atoms. The van der Waals surface area contributed by atoms with Crippen LogP contribution in [0, 0.1) is 11.8 Å². The van der Waals surface area contributed by atoms with Gasteiger partial charge in [-0.05, 0) is 44.9 Å². The molecule has 2 N–H and O–H groups in total. The van der Waals surface area contributed by atoms with Crippen molar-refractivity contribution in [3.63, 3.8) is 0 Å². The fourth-order valence-corrected chi connectivity index (χ4v) is 2.01. The number of ether oxygens (including phenoxy) is 1. The zero-order valence-corrected chi connectivity index (χ0v) is 12.4. The van der Waals surface area contributed by atoms with Gasteiger partial charge in [0.2, 0.25) is 0 Å². The monoisotopic (exact) mass is 242 g/mol. The summed E-state index contributed by atoms with van der Waals surface area (Å²) in [6.07, 6.45) is 3.53. The summed E-state index contributed by atoms with van der Waals surface area (Å²) in [5.41, 5.74) is 5.48. The molecule has 2 atom stereocenters. The van der Waals surface area contributed by atoms with Gasteiger partial charge in [0.05, 0.1) is 5.60 Å². The molecule has 0 heterocycles. The molecule has 102 valence electrons. The second-order valence-corrected chi connectivity index (χ2v) is 5.62. The van der Waals surface area contributed by atoms with Crippen molar-refractivity contribution in [1.82, 2.24) is 0 Å². The highest BCUT2D eigenvalue weighted by Gasteiger charge is 2.32. The number of hydrogen-bond donors (Lipinski definition) is 1. The van der Waals surface area contributed by atoms with Crippen molar-refractivity contribution >= 4 is 6.21 Å². The molecule has 0 aliphatic heterocycles. The van der Waals surface area contributed by atoms with Crippen molar-refractivity contribution in [3.8, 4) is 0 Å². The molecular formula is C14H30N2O. The second kappa shape index (κ2) is 7.83. The highest BCUT2D eigenvalue weighted by molar-refractivity contribution is 5.53. The van der Waals surface area contributed by atoms with E-state index in [1.54, 1.807) is 6.21 Å². The lowest BCUT2D eigenvalue weighted by Gasteiger charge is -2.37. The maximum absolute atomic E-state index is 6.21. The molecule has 0 fully saturated rings. The highest BCUT2D eigenvalue weighted by atomic mass is 16.5. The molecule has 0 aliphatic carbocycles. The van der Waals surface area contributed by atoms with E-state index in [1.165, 1.54) is 0 Å². The zero-order valence-electron chi connectivity index (χ0n) is 12.4. The fourth-order valence-electron chi connectivity index (χ4n) is 2.01. The molecule has 0 radical (unpaired) electrons. The molecule has 3 nitrogen and oxygen atoms in total. The molecule has 0 aromatic heterocycles. The summed E-state index contributed by atoms with van der Waals surface area (Å²) in [6.45, 7) is 13.6. The molecule has 0 aromatic carbocycles. The van der Waals surface area contributed by atoms with E-state index in [9.17, 15) is 0 Å². The molecule has 0 aromatic rings. The van der Waals surface area contributed by atoms with E-state index < -0.39 is 0 Å². The third kappa shape index (κ3) is 6.18. The van der Waals surface area contributed by atoms with Crippen LogP contribution in [-0.4, -0.2) is 24.6 Å². The van der Waals surface area contributed by atoms with Gasteiger partial charge in [-0.25, -0.2) is 0 Å². The minimum Gasteiger partial charge on any atom is -0.350 e.